The fraction of sp³-hybridized carbons (Fsp3) is 0.250. The molecular weight excluding hydrogens is 540 g/mol. The molecule has 3 aromatic rings. The maximum atomic E-state index is 14.0. The van der Waals surface area contributed by atoms with Crippen molar-refractivity contribution in [3.8, 4) is 16.9 Å². The van der Waals surface area contributed by atoms with Gasteiger partial charge in [0, 0.05) is 17.1 Å². The highest BCUT2D eigenvalue weighted by Gasteiger charge is 2.64. The number of amides is 1. The molecule has 3 aliphatic carbocycles. The Morgan fingerprint density at radius 1 is 1.00 bits per heavy atom. The van der Waals surface area contributed by atoms with Gasteiger partial charge in [0.15, 0.2) is 17.7 Å². The topological polar surface area (TPSA) is 178 Å². The number of fused-ring (bicyclic) bond motifs is 4. The molecule has 1 fully saturated rings. The summed E-state index contributed by atoms with van der Waals surface area (Å²) in [6, 6.07) is 12.8. The fourth-order valence-electron chi connectivity index (χ4n) is 7.16. The molecule has 10 heteroatoms. The van der Waals surface area contributed by atoms with Crippen molar-refractivity contribution in [1.82, 2.24) is 4.90 Å². The van der Waals surface area contributed by atoms with Crippen molar-refractivity contribution in [3.05, 3.63) is 82.1 Å². The van der Waals surface area contributed by atoms with Gasteiger partial charge in [-0.2, -0.15) is 0 Å². The van der Waals surface area contributed by atoms with E-state index in [1.807, 2.05) is 24.3 Å². The van der Waals surface area contributed by atoms with Gasteiger partial charge in [-0.3, -0.25) is 24.1 Å². The van der Waals surface area contributed by atoms with Crippen LogP contribution in [0.4, 0.5) is 0 Å². The molecule has 3 aliphatic rings. The maximum absolute atomic E-state index is 14.0. The number of likely N-dealkylation sites (N-methyl/N-ethyl adjacent to an activating group) is 1. The number of aliphatic hydroxyl groups is 3. The first-order chi connectivity index (χ1) is 19.9. The lowest BCUT2D eigenvalue weighted by Gasteiger charge is -2.50. The van der Waals surface area contributed by atoms with E-state index >= 15 is 0 Å². The summed E-state index contributed by atoms with van der Waals surface area (Å²) in [6.07, 6.45) is 0.919. The van der Waals surface area contributed by atoms with Gasteiger partial charge < -0.3 is 26.2 Å². The standard InChI is InChI=1S/C32H28N2O8/c1-34(2)26-21-12-15-11-20-19(18-8-7-14(13-35)16-5-3-4-6-17(16)18)9-10-22(36)24(20)27(37)23(15)29(39)32(21,42)30(40)25(28(26)38)31(33)41/h3-10,13,15,21,26,36-37,40,42H,11-12H2,1-2H3,(H2,33,41). The number of hydrogen-bond donors (Lipinski definition) is 5. The smallest absolute Gasteiger partial charge is 0.255 e. The number of phenols is 1. The number of aromatic hydroxyl groups is 1. The first-order valence-corrected chi connectivity index (χ1v) is 13.4. The van der Waals surface area contributed by atoms with E-state index in [0.717, 1.165) is 22.6 Å². The Morgan fingerprint density at radius 3 is 2.31 bits per heavy atom. The molecule has 10 nitrogen and oxygen atoms in total. The molecule has 0 aliphatic heterocycles. The molecule has 4 unspecified atom stereocenters. The zero-order valence-corrected chi connectivity index (χ0v) is 22.8. The highest BCUT2D eigenvalue weighted by molar-refractivity contribution is 6.24. The summed E-state index contributed by atoms with van der Waals surface area (Å²) < 4.78 is 0. The molecule has 6 N–H and O–H groups in total. The van der Waals surface area contributed by atoms with Gasteiger partial charge in [-0.05, 0) is 66.4 Å². The summed E-state index contributed by atoms with van der Waals surface area (Å²) in [6.45, 7) is 0. The first kappa shape index (κ1) is 27.4. The van der Waals surface area contributed by atoms with Gasteiger partial charge in [0.05, 0.1) is 11.6 Å². The normalized spacial score (nSPS) is 25.4. The summed E-state index contributed by atoms with van der Waals surface area (Å²) in [5.41, 5.74) is 4.08. The summed E-state index contributed by atoms with van der Waals surface area (Å²) in [5.74, 6) is -6.99. The van der Waals surface area contributed by atoms with Crippen molar-refractivity contribution in [2.45, 2.75) is 24.5 Å². The van der Waals surface area contributed by atoms with Gasteiger partial charge in [0.1, 0.15) is 22.8 Å². The van der Waals surface area contributed by atoms with Crippen LogP contribution in [0.3, 0.4) is 0 Å². The maximum Gasteiger partial charge on any atom is 0.255 e. The lowest BCUT2D eigenvalue weighted by atomic mass is 9.57. The van der Waals surface area contributed by atoms with Gasteiger partial charge in [0.25, 0.3) is 5.91 Å². The van der Waals surface area contributed by atoms with E-state index in [4.69, 9.17) is 5.73 Å². The number of phenolic OH excluding ortho intramolecular Hbond substituents is 1. The number of ketones is 2. The van der Waals surface area contributed by atoms with Crippen LogP contribution in [-0.2, 0) is 20.8 Å². The number of aliphatic hydroxyl groups excluding tert-OH is 2. The fourth-order valence-corrected chi connectivity index (χ4v) is 7.16. The lowest BCUT2D eigenvalue weighted by Crippen LogP contribution is -2.65. The van der Waals surface area contributed by atoms with Crippen LogP contribution in [-0.4, -0.2) is 74.8 Å². The molecule has 4 atom stereocenters. The van der Waals surface area contributed by atoms with E-state index in [1.165, 1.54) is 11.0 Å². The number of nitrogens with two attached hydrogens (primary N) is 1. The van der Waals surface area contributed by atoms with Crippen LogP contribution in [0.25, 0.3) is 27.7 Å². The van der Waals surface area contributed by atoms with Crippen molar-refractivity contribution >= 4 is 40.3 Å². The molecule has 0 bridgehead atoms. The van der Waals surface area contributed by atoms with Crippen molar-refractivity contribution < 1.29 is 39.6 Å². The third-order valence-corrected chi connectivity index (χ3v) is 8.98. The van der Waals surface area contributed by atoms with E-state index in [1.54, 1.807) is 32.3 Å². The molecule has 0 radical (unpaired) electrons. The SMILES string of the molecule is CN(C)C1C(=O)C(C(N)=O)=C(O)C2(O)C(=O)C3=C(O)c4c(O)ccc(-c5ccc(C=O)c6ccccc56)c4CC3CC12. The molecule has 1 amide bonds. The average molecular weight is 569 g/mol. The number of aldehydes is 1. The van der Waals surface area contributed by atoms with Gasteiger partial charge >= 0.3 is 0 Å². The number of Topliss-reactive ketones (excluding diaryl/α,β-unsaturated/α-hetero) is 2. The van der Waals surface area contributed by atoms with Gasteiger partial charge in [-0.1, -0.05) is 42.5 Å². The van der Waals surface area contributed by atoms with Crippen LogP contribution in [0, 0.1) is 11.8 Å². The highest BCUT2D eigenvalue weighted by Crippen LogP contribution is 2.54. The Hall–Kier alpha value is -4.80. The van der Waals surface area contributed by atoms with Crippen molar-refractivity contribution in [3.63, 3.8) is 0 Å². The van der Waals surface area contributed by atoms with E-state index in [9.17, 15) is 39.6 Å². The predicted molar refractivity (Wildman–Crippen MR) is 153 cm³/mol. The average Bonchev–Trinajstić information content (AvgIpc) is 2.94. The molecule has 0 spiro atoms. The third kappa shape index (κ3) is 3.52. The number of primary amides is 1. The zero-order chi connectivity index (χ0) is 30.2. The molecule has 0 saturated heterocycles. The minimum absolute atomic E-state index is 0.00679. The van der Waals surface area contributed by atoms with Crippen molar-refractivity contribution in [2.75, 3.05) is 14.1 Å². The second kappa shape index (κ2) is 9.37. The Labute approximate surface area is 240 Å². The Bertz CT molecular complexity index is 1820. The number of carbonyl (C=O) groups excluding carboxylic acids is 4. The number of nitrogens with zero attached hydrogens (tertiary/aromatic N) is 1. The quantitative estimate of drug-likeness (QED) is 0.234. The number of hydrogen-bond acceptors (Lipinski definition) is 9. The second-order valence-corrected chi connectivity index (χ2v) is 11.3. The minimum atomic E-state index is -2.70. The van der Waals surface area contributed by atoms with E-state index in [2.05, 4.69) is 0 Å². The molecule has 3 aromatic carbocycles. The van der Waals surface area contributed by atoms with Crippen LogP contribution < -0.4 is 5.73 Å². The summed E-state index contributed by atoms with van der Waals surface area (Å²) in [5, 5.41) is 46.7. The molecule has 0 heterocycles. The number of rotatable bonds is 4. The van der Waals surface area contributed by atoms with Gasteiger partial charge in [-0.15, -0.1) is 0 Å². The Balaban J connectivity index is 1.59. The third-order valence-electron chi connectivity index (χ3n) is 8.98. The van der Waals surface area contributed by atoms with Crippen molar-refractivity contribution in [1.29, 1.82) is 0 Å². The van der Waals surface area contributed by atoms with Gasteiger partial charge in [0.2, 0.25) is 5.78 Å². The second-order valence-electron chi connectivity index (χ2n) is 11.3. The molecular formula is C32H28N2O8. The molecule has 0 aromatic heterocycles. The zero-order valence-electron chi connectivity index (χ0n) is 22.8. The molecule has 42 heavy (non-hydrogen) atoms. The summed E-state index contributed by atoms with van der Waals surface area (Å²) in [4.78, 5) is 52.7. The van der Waals surface area contributed by atoms with E-state index in [0.29, 0.717) is 16.7 Å². The van der Waals surface area contributed by atoms with Crippen LogP contribution in [0.1, 0.15) is 27.9 Å². The highest BCUT2D eigenvalue weighted by atomic mass is 16.3. The monoisotopic (exact) mass is 568 g/mol. The van der Waals surface area contributed by atoms with E-state index in [-0.39, 0.29) is 29.7 Å². The van der Waals surface area contributed by atoms with Crippen LogP contribution in [0.5, 0.6) is 5.75 Å². The molecule has 214 valence electrons. The van der Waals surface area contributed by atoms with Crippen molar-refractivity contribution in [2.24, 2.45) is 17.6 Å². The van der Waals surface area contributed by atoms with Gasteiger partial charge in [-0.25, -0.2) is 0 Å². The molecule has 1 saturated carbocycles. The largest absolute Gasteiger partial charge is 0.508 e. The number of benzene rings is 3. The van der Waals surface area contributed by atoms with Crippen LogP contribution in [0.2, 0.25) is 0 Å². The Morgan fingerprint density at radius 2 is 1.67 bits per heavy atom. The van der Waals surface area contributed by atoms with E-state index < -0.39 is 58.0 Å². The lowest BCUT2D eigenvalue weighted by molar-refractivity contribution is -0.153. The summed E-state index contributed by atoms with van der Waals surface area (Å²) in [7, 11) is 3.11. The predicted octanol–water partition coefficient (Wildman–Crippen LogP) is 2.60. The minimum Gasteiger partial charge on any atom is -0.508 e. The molecule has 6 rings (SSSR count). The van der Waals surface area contributed by atoms with Crippen LogP contribution >= 0.6 is 0 Å². The Kier molecular flexibility index (Phi) is 6.10. The first-order valence-electron chi connectivity index (χ1n) is 13.4. The number of carbonyl (C=O) groups is 4. The summed E-state index contributed by atoms with van der Waals surface area (Å²) >= 11 is 0. The van der Waals surface area contributed by atoms with Crippen LogP contribution in [0.15, 0.2) is 65.4 Å².